The summed E-state index contributed by atoms with van der Waals surface area (Å²) in [5.74, 6) is 0. The van der Waals surface area contributed by atoms with Gasteiger partial charge in [-0.25, -0.2) is 0 Å². The van der Waals surface area contributed by atoms with Gasteiger partial charge in [0, 0.05) is 27.2 Å². The zero-order valence-electron chi connectivity index (χ0n) is 10.6. The van der Waals surface area contributed by atoms with E-state index in [1.54, 1.807) is 0 Å². The molecule has 0 aliphatic carbocycles. The summed E-state index contributed by atoms with van der Waals surface area (Å²) in [7, 11) is 4.29. The molecule has 1 aliphatic heterocycles. The lowest BCUT2D eigenvalue weighted by atomic mass is 10.0. The lowest BCUT2D eigenvalue weighted by molar-refractivity contribution is 0.608. The molecule has 0 aromatic heterocycles. The largest absolute Gasteiger partial charge is 0.371 e. The van der Waals surface area contributed by atoms with E-state index in [2.05, 4.69) is 49.9 Å². The molecule has 1 aromatic rings. The Labute approximate surface area is 97.8 Å². The summed E-state index contributed by atoms with van der Waals surface area (Å²) in [6.07, 6.45) is 0. The predicted octanol–water partition coefficient (Wildman–Crippen LogP) is 1.52. The molecule has 1 aromatic carbocycles. The molecule has 0 fully saturated rings. The number of hydrogen-bond acceptors (Lipinski definition) is 3. The van der Waals surface area contributed by atoms with Crippen molar-refractivity contribution in [1.82, 2.24) is 0 Å². The van der Waals surface area contributed by atoms with Crippen molar-refractivity contribution in [1.29, 1.82) is 0 Å². The van der Waals surface area contributed by atoms with Gasteiger partial charge in [-0.3, -0.25) is 0 Å². The van der Waals surface area contributed by atoms with Crippen LogP contribution in [0.3, 0.4) is 0 Å². The van der Waals surface area contributed by atoms with Gasteiger partial charge in [0.2, 0.25) is 0 Å². The smallest absolute Gasteiger partial charge is 0.0637 e. The molecule has 3 nitrogen and oxygen atoms in total. The molecular weight excluding hydrogens is 198 g/mol. The van der Waals surface area contributed by atoms with E-state index in [1.807, 2.05) is 0 Å². The van der Waals surface area contributed by atoms with Crippen molar-refractivity contribution in [2.75, 3.05) is 37.0 Å². The lowest BCUT2D eigenvalue weighted by Crippen LogP contribution is -2.50. The summed E-state index contributed by atoms with van der Waals surface area (Å²) in [5.41, 5.74) is 11.2. The van der Waals surface area contributed by atoms with Crippen molar-refractivity contribution in [3.8, 4) is 0 Å². The third-order valence-corrected chi connectivity index (χ3v) is 3.75. The van der Waals surface area contributed by atoms with Crippen LogP contribution in [-0.2, 0) is 0 Å². The van der Waals surface area contributed by atoms with Crippen LogP contribution in [0.2, 0.25) is 0 Å². The van der Waals surface area contributed by atoms with E-state index < -0.39 is 0 Å². The number of benzene rings is 1. The Balaban J connectivity index is 2.55. The first-order valence-electron chi connectivity index (χ1n) is 5.80. The normalized spacial score (nSPS) is 19.9. The van der Waals surface area contributed by atoms with E-state index in [0.717, 1.165) is 6.54 Å². The number of aryl methyl sites for hydroxylation is 1. The molecule has 3 heteroatoms. The molecule has 0 saturated heterocycles. The van der Waals surface area contributed by atoms with Crippen molar-refractivity contribution in [2.24, 2.45) is 5.73 Å². The second-order valence-corrected chi connectivity index (χ2v) is 4.76. The second kappa shape index (κ2) is 3.98. The van der Waals surface area contributed by atoms with E-state index in [9.17, 15) is 0 Å². The maximum atomic E-state index is 5.83. The Morgan fingerprint density at radius 3 is 2.62 bits per heavy atom. The summed E-state index contributed by atoms with van der Waals surface area (Å²) in [6.45, 7) is 6.06. The highest BCUT2D eigenvalue weighted by atomic mass is 15.3. The number of likely N-dealkylation sites (N-methyl/N-ethyl adjacent to an activating group) is 2. The van der Waals surface area contributed by atoms with Crippen molar-refractivity contribution in [3.05, 3.63) is 23.3 Å². The quantitative estimate of drug-likeness (QED) is 0.777. The summed E-state index contributed by atoms with van der Waals surface area (Å²) in [5, 5.41) is 0. The minimum absolute atomic E-state index is 0.415. The third-order valence-electron chi connectivity index (χ3n) is 3.75. The molecular formula is C13H21N3. The minimum atomic E-state index is 0.415. The Morgan fingerprint density at radius 2 is 2.00 bits per heavy atom. The van der Waals surface area contributed by atoms with Gasteiger partial charge in [-0.1, -0.05) is 6.07 Å². The summed E-state index contributed by atoms with van der Waals surface area (Å²) in [4.78, 5) is 4.64. The van der Waals surface area contributed by atoms with Crippen LogP contribution >= 0.6 is 0 Å². The van der Waals surface area contributed by atoms with E-state index in [0.29, 0.717) is 12.6 Å². The van der Waals surface area contributed by atoms with Crippen LogP contribution in [0, 0.1) is 13.8 Å². The first-order chi connectivity index (χ1) is 7.56. The molecule has 1 aliphatic rings. The van der Waals surface area contributed by atoms with Gasteiger partial charge in [0.15, 0.2) is 0 Å². The van der Waals surface area contributed by atoms with Gasteiger partial charge in [-0.15, -0.1) is 0 Å². The van der Waals surface area contributed by atoms with Crippen LogP contribution in [0.15, 0.2) is 12.1 Å². The minimum Gasteiger partial charge on any atom is -0.371 e. The van der Waals surface area contributed by atoms with E-state index in [1.165, 1.54) is 22.5 Å². The highest BCUT2D eigenvalue weighted by Crippen LogP contribution is 2.37. The van der Waals surface area contributed by atoms with Crippen LogP contribution in [-0.4, -0.2) is 33.2 Å². The SMILES string of the molecule is Cc1ccc2c(c1C)N(C)C(CN)CN2C. The molecule has 0 amide bonds. The Kier molecular flexibility index (Phi) is 2.80. The molecule has 2 N–H and O–H groups in total. The van der Waals surface area contributed by atoms with Crippen LogP contribution in [0.1, 0.15) is 11.1 Å². The van der Waals surface area contributed by atoms with Gasteiger partial charge in [-0.05, 0) is 31.0 Å². The highest BCUT2D eigenvalue weighted by Gasteiger charge is 2.27. The van der Waals surface area contributed by atoms with Gasteiger partial charge in [0.25, 0.3) is 0 Å². The standard InChI is InChI=1S/C13H21N3/c1-9-5-6-12-13(10(9)2)16(4)11(7-14)8-15(12)3/h5-6,11H,7-8,14H2,1-4H3. The van der Waals surface area contributed by atoms with Crippen molar-refractivity contribution in [2.45, 2.75) is 19.9 Å². The van der Waals surface area contributed by atoms with E-state index in [4.69, 9.17) is 5.73 Å². The van der Waals surface area contributed by atoms with Crippen molar-refractivity contribution < 1.29 is 0 Å². The van der Waals surface area contributed by atoms with Crippen LogP contribution in [0.4, 0.5) is 11.4 Å². The van der Waals surface area contributed by atoms with Crippen LogP contribution < -0.4 is 15.5 Å². The highest BCUT2D eigenvalue weighted by molar-refractivity contribution is 5.78. The first-order valence-corrected chi connectivity index (χ1v) is 5.80. The fourth-order valence-corrected chi connectivity index (χ4v) is 2.49. The number of anilines is 2. The monoisotopic (exact) mass is 219 g/mol. The molecule has 0 bridgehead atoms. The summed E-state index contributed by atoms with van der Waals surface area (Å²) in [6, 6.07) is 4.82. The second-order valence-electron chi connectivity index (χ2n) is 4.76. The van der Waals surface area contributed by atoms with E-state index in [-0.39, 0.29) is 0 Å². The maximum Gasteiger partial charge on any atom is 0.0637 e. The van der Waals surface area contributed by atoms with Crippen molar-refractivity contribution in [3.63, 3.8) is 0 Å². The molecule has 0 spiro atoms. The molecule has 88 valence electrons. The number of nitrogens with zero attached hydrogens (tertiary/aromatic N) is 2. The summed E-state index contributed by atoms with van der Waals surface area (Å²) < 4.78 is 0. The number of nitrogens with two attached hydrogens (primary N) is 1. The lowest BCUT2D eigenvalue weighted by Gasteiger charge is -2.42. The van der Waals surface area contributed by atoms with E-state index >= 15 is 0 Å². The van der Waals surface area contributed by atoms with Crippen LogP contribution in [0.25, 0.3) is 0 Å². The topological polar surface area (TPSA) is 32.5 Å². The number of hydrogen-bond donors (Lipinski definition) is 1. The average molecular weight is 219 g/mol. The predicted molar refractivity (Wildman–Crippen MR) is 70.4 cm³/mol. The van der Waals surface area contributed by atoms with Crippen LogP contribution in [0.5, 0.6) is 0 Å². The first kappa shape index (κ1) is 11.3. The van der Waals surface area contributed by atoms with Gasteiger partial charge in [0.1, 0.15) is 0 Å². The maximum absolute atomic E-state index is 5.83. The fraction of sp³-hybridized carbons (Fsp3) is 0.538. The molecule has 2 rings (SSSR count). The Hall–Kier alpha value is -1.22. The zero-order valence-corrected chi connectivity index (χ0v) is 10.6. The number of rotatable bonds is 1. The van der Waals surface area contributed by atoms with Gasteiger partial charge in [0.05, 0.1) is 17.4 Å². The average Bonchev–Trinajstić information content (AvgIpc) is 2.27. The molecule has 0 radical (unpaired) electrons. The Bertz CT molecular complexity index is 400. The molecule has 16 heavy (non-hydrogen) atoms. The summed E-state index contributed by atoms with van der Waals surface area (Å²) >= 11 is 0. The van der Waals surface area contributed by atoms with Gasteiger partial charge in [-0.2, -0.15) is 0 Å². The molecule has 1 unspecified atom stereocenters. The molecule has 1 atom stereocenters. The Morgan fingerprint density at radius 1 is 1.31 bits per heavy atom. The fourth-order valence-electron chi connectivity index (χ4n) is 2.49. The zero-order chi connectivity index (χ0) is 11.9. The van der Waals surface area contributed by atoms with Crippen molar-refractivity contribution >= 4 is 11.4 Å². The third kappa shape index (κ3) is 1.55. The molecule has 1 heterocycles. The molecule has 0 saturated carbocycles. The van der Waals surface area contributed by atoms with Gasteiger partial charge < -0.3 is 15.5 Å². The van der Waals surface area contributed by atoms with Gasteiger partial charge >= 0.3 is 0 Å². The number of fused-ring (bicyclic) bond motifs is 1.